The number of halogens is 1. The zero-order chi connectivity index (χ0) is 17.2. The molecule has 2 aliphatic heterocycles. The largest absolute Gasteiger partial charge is 0.490 e. The first-order valence-electron chi connectivity index (χ1n) is 8.22. The Labute approximate surface area is 148 Å². The summed E-state index contributed by atoms with van der Waals surface area (Å²) in [6, 6.07) is 7.26. The van der Waals surface area contributed by atoms with Crippen molar-refractivity contribution in [1.29, 1.82) is 0 Å². The molecular weight excluding hydrogens is 350 g/mol. The Kier molecular flexibility index (Phi) is 5.36. The van der Waals surface area contributed by atoms with E-state index in [0.717, 1.165) is 5.75 Å². The van der Waals surface area contributed by atoms with Crippen LogP contribution in [-0.2, 0) is 10.0 Å². The van der Waals surface area contributed by atoms with Gasteiger partial charge in [0.15, 0.2) is 0 Å². The molecule has 24 heavy (non-hydrogen) atoms. The van der Waals surface area contributed by atoms with E-state index in [4.69, 9.17) is 16.3 Å². The van der Waals surface area contributed by atoms with E-state index in [1.165, 1.54) is 0 Å². The normalized spacial score (nSPS) is 26.6. The lowest BCUT2D eigenvalue weighted by atomic mass is 10.1. The highest BCUT2D eigenvalue weighted by molar-refractivity contribution is 7.89. The van der Waals surface area contributed by atoms with Crippen LogP contribution in [-0.4, -0.2) is 56.4 Å². The molecule has 1 atom stereocenters. The summed E-state index contributed by atoms with van der Waals surface area (Å²) in [6.45, 7) is 4.28. The Morgan fingerprint density at radius 2 is 1.96 bits per heavy atom. The van der Waals surface area contributed by atoms with Gasteiger partial charge in [0.25, 0.3) is 0 Å². The first-order chi connectivity index (χ1) is 11.4. The predicted molar refractivity (Wildman–Crippen MR) is 94.9 cm³/mol. The second-order valence-corrected chi connectivity index (χ2v) is 9.17. The maximum atomic E-state index is 12.7. The third-order valence-electron chi connectivity index (χ3n) is 4.57. The fraction of sp³-hybridized carbons (Fsp3) is 0.625. The Morgan fingerprint density at radius 3 is 2.54 bits per heavy atom. The molecule has 0 bridgehead atoms. The number of piperidine rings is 1. The minimum Gasteiger partial charge on any atom is -0.490 e. The predicted octanol–water partition coefficient (Wildman–Crippen LogP) is 1.42. The van der Waals surface area contributed by atoms with Gasteiger partial charge >= 0.3 is 0 Å². The van der Waals surface area contributed by atoms with Crippen LogP contribution in [0, 0.1) is 0 Å². The maximum absolute atomic E-state index is 12.7. The summed E-state index contributed by atoms with van der Waals surface area (Å²) in [7, 11) is -3.27. The molecule has 1 aromatic rings. The Bertz CT molecular complexity index is 652. The van der Waals surface area contributed by atoms with Gasteiger partial charge in [-0.15, -0.1) is 0 Å². The number of sulfonamides is 1. The summed E-state index contributed by atoms with van der Waals surface area (Å²) in [6.07, 6.45) is 1.44. The van der Waals surface area contributed by atoms with Gasteiger partial charge in [-0.05, 0) is 44.0 Å². The van der Waals surface area contributed by atoms with Crippen LogP contribution in [0.1, 0.15) is 19.8 Å². The molecule has 2 heterocycles. The lowest BCUT2D eigenvalue weighted by Crippen LogP contribution is -2.51. The highest BCUT2D eigenvalue weighted by Gasteiger charge is 2.37. The highest BCUT2D eigenvalue weighted by Crippen LogP contribution is 2.23. The molecule has 134 valence electrons. The van der Waals surface area contributed by atoms with Crippen LogP contribution < -0.4 is 15.4 Å². The van der Waals surface area contributed by atoms with Gasteiger partial charge in [-0.3, -0.25) is 5.32 Å². The van der Waals surface area contributed by atoms with E-state index < -0.39 is 15.6 Å². The number of rotatable bonds is 5. The van der Waals surface area contributed by atoms with Crippen LogP contribution in [0.3, 0.4) is 0 Å². The molecule has 2 N–H and O–H groups in total. The van der Waals surface area contributed by atoms with Crippen molar-refractivity contribution in [1.82, 2.24) is 14.9 Å². The molecule has 8 heteroatoms. The third kappa shape index (κ3) is 4.40. The third-order valence-corrected chi connectivity index (χ3v) is 6.97. The van der Waals surface area contributed by atoms with Crippen LogP contribution in [0.25, 0.3) is 0 Å². The zero-order valence-electron chi connectivity index (χ0n) is 13.8. The number of hydrogen-bond acceptors (Lipinski definition) is 5. The lowest BCUT2D eigenvalue weighted by molar-refractivity contribution is 0.135. The van der Waals surface area contributed by atoms with Crippen molar-refractivity contribution >= 4 is 21.6 Å². The molecule has 0 aliphatic carbocycles. The van der Waals surface area contributed by atoms with E-state index in [1.807, 2.05) is 19.1 Å². The molecular formula is C16H24ClN3O3S. The van der Waals surface area contributed by atoms with E-state index in [0.29, 0.717) is 44.2 Å². The molecule has 0 saturated carbocycles. The van der Waals surface area contributed by atoms with E-state index in [9.17, 15) is 8.42 Å². The Balaban J connectivity index is 1.53. The summed E-state index contributed by atoms with van der Waals surface area (Å²) in [4.78, 5) is 0. The minimum atomic E-state index is -3.27. The average molecular weight is 374 g/mol. The monoisotopic (exact) mass is 373 g/mol. The molecule has 0 aromatic heterocycles. The standard InChI is InChI=1S/C16H24ClN3O3S/c1-16(10-18-12-19-16)11-24(21,22)20-8-6-15(7-9-20)23-14-4-2-13(17)3-5-14/h2-5,15,18-19H,6-12H2,1H3/t16-/m0/s1. The Hall–Kier alpha value is -0.860. The molecule has 1 aromatic carbocycles. The topological polar surface area (TPSA) is 70.7 Å². The van der Waals surface area contributed by atoms with E-state index in [1.54, 1.807) is 16.4 Å². The maximum Gasteiger partial charge on any atom is 0.215 e. The van der Waals surface area contributed by atoms with Gasteiger partial charge in [0.1, 0.15) is 11.9 Å². The van der Waals surface area contributed by atoms with Crippen molar-refractivity contribution in [2.45, 2.75) is 31.4 Å². The number of nitrogens with zero attached hydrogens (tertiary/aromatic N) is 1. The number of benzene rings is 1. The molecule has 0 radical (unpaired) electrons. The highest BCUT2D eigenvalue weighted by atomic mass is 35.5. The molecule has 0 unspecified atom stereocenters. The molecule has 0 amide bonds. The first-order valence-corrected chi connectivity index (χ1v) is 10.2. The first kappa shape index (κ1) is 17.9. The van der Waals surface area contributed by atoms with Crippen LogP contribution in [0.5, 0.6) is 5.75 Å². The van der Waals surface area contributed by atoms with Crippen LogP contribution >= 0.6 is 11.6 Å². The fourth-order valence-electron chi connectivity index (χ4n) is 3.21. The van der Waals surface area contributed by atoms with Crippen molar-refractivity contribution in [2.24, 2.45) is 0 Å². The summed E-state index contributed by atoms with van der Waals surface area (Å²) >= 11 is 5.87. The molecule has 2 aliphatic rings. The van der Waals surface area contributed by atoms with Gasteiger partial charge in [0.2, 0.25) is 10.0 Å². The van der Waals surface area contributed by atoms with Crippen molar-refractivity contribution in [3.63, 3.8) is 0 Å². The van der Waals surface area contributed by atoms with Crippen LogP contribution in [0.2, 0.25) is 5.02 Å². The SMILES string of the molecule is C[C@@]1(CS(=O)(=O)N2CCC(Oc3ccc(Cl)cc3)CC2)CNCN1. The number of nitrogens with one attached hydrogen (secondary N) is 2. The minimum absolute atomic E-state index is 0.0412. The second-order valence-electron chi connectivity index (χ2n) is 6.77. The molecule has 6 nitrogen and oxygen atoms in total. The van der Waals surface area contributed by atoms with Crippen molar-refractivity contribution in [3.8, 4) is 5.75 Å². The van der Waals surface area contributed by atoms with E-state index in [-0.39, 0.29) is 11.9 Å². The van der Waals surface area contributed by atoms with Crippen LogP contribution in [0.4, 0.5) is 0 Å². The lowest BCUT2D eigenvalue weighted by Gasteiger charge is -2.33. The number of hydrogen-bond donors (Lipinski definition) is 2. The number of ether oxygens (including phenoxy) is 1. The van der Waals surface area contributed by atoms with Gasteiger partial charge < -0.3 is 10.1 Å². The fourth-order valence-corrected chi connectivity index (χ4v) is 5.29. The van der Waals surface area contributed by atoms with Crippen LogP contribution in [0.15, 0.2) is 24.3 Å². The van der Waals surface area contributed by atoms with E-state index >= 15 is 0 Å². The van der Waals surface area contributed by atoms with E-state index in [2.05, 4.69) is 10.6 Å². The van der Waals surface area contributed by atoms with Gasteiger partial charge in [0, 0.05) is 36.9 Å². The Morgan fingerprint density at radius 1 is 1.29 bits per heavy atom. The summed E-state index contributed by atoms with van der Waals surface area (Å²) in [5, 5.41) is 7.05. The summed E-state index contributed by atoms with van der Waals surface area (Å²) in [5.41, 5.74) is -0.393. The molecule has 2 saturated heterocycles. The average Bonchev–Trinajstić information content (AvgIpc) is 2.95. The zero-order valence-corrected chi connectivity index (χ0v) is 15.4. The van der Waals surface area contributed by atoms with Gasteiger partial charge in [0.05, 0.1) is 5.75 Å². The van der Waals surface area contributed by atoms with Crippen molar-refractivity contribution in [2.75, 3.05) is 32.1 Å². The van der Waals surface area contributed by atoms with Crippen molar-refractivity contribution < 1.29 is 13.2 Å². The molecule has 3 rings (SSSR count). The van der Waals surface area contributed by atoms with Gasteiger partial charge in [-0.1, -0.05) is 11.6 Å². The molecule has 2 fully saturated rings. The quantitative estimate of drug-likeness (QED) is 0.816. The molecule has 0 spiro atoms. The summed E-state index contributed by atoms with van der Waals surface area (Å²) < 4.78 is 32.8. The van der Waals surface area contributed by atoms with Gasteiger partial charge in [-0.2, -0.15) is 0 Å². The van der Waals surface area contributed by atoms with Crippen molar-refractivity contribution in [3.05, 3.63) is 29.3 Å². The van der Waals surface area contributed by atoms with Gasteiger partial charge in [-0.25, -0.2) is 12.7 Å². The second kappa shape index (κ2) is 7.17. The summed E-state index contributed by atoms with van der Waals surface area (Å²) in [5.74, 6) is 0.893. The smallest absolute Gasteiger partial charge is 0.215 e.